The lowest BCUT2D eigenvalue weighted by Crippen LogP contribution is -2.16. The number of rotatable bonds is 7. The lowest BCUT2D eigenvalue weighted by Gasteiger charge is -2.05. The average molecular weight is 232 g/mol. The summed E-state index contributed by atoms with van der Waals surface area (Å²) in [5, 5.41) is 3.28. The maximum Gasteiger partial charge on any atom is 0.213 e. The molecule has 0 atom stereocenters. The van der Waals surface area contributed by atoms with Gasteiger partial charge in [-0.25, -0.2) is 4.98 Å². The van der Waals surface area contributed by atoms with Crippen LogP contribution >= 0.6 is 0 Å². The van der Waals surface area contributed by atoms with Crippen molar-refractivity contribution in [3.05, 3.63) is 48.6 Å². The molecule has 0 fully saturated rings. The summed E-state index contributed by atoms with van der Waals surface area (Å²) in [5.41, 5.74) is 0. The van der Waals surface area contributed by atoms with E-state index in [9.17, 15) is 0 Å². The highest BCUT2D eigenvalue weighted by molar-refractivity contribution is 5.08. The van der Waals surface area contributed by atoms with Crippen LogP contribution < -0.4 is 10.1 Å². The second kappa shape index (κ2) is 6.70. The number of ether oxygens (including phenoxy) is 1. The number of pyridine rings is 1. The van der Waals surface area contributed by atoms with Gasteiger partial charge in [-0.05, 0) is 31.2 Å². The van der Waals surface area contributed by atoms with E-state index < -0.39 is 0 Å². The maximum absolute atomic E-state index is 5.47. The van der Waals surface area contributed by atoms with Gasteiger partial charge in [0.2, 0.25) is 5.88 Å². The van der Waals surface area contributed by atoms with Gasteiger partial charge in [0.25, 0.3) is 0 Å². The Labute approximate surface area is 101 Å². The van der Waals surface area contributed by atoms with Gasteiger partial charge in [0.05, 0.1) is 19.4 Å². The molecule has 17 heavy (non-hydrogen) atoms. The fraction of sp³-hybridized carbons (Fsp3) is 0.308. The number of hydrogen-bond acceptors (Lipinski definition) is 4. The molecule has 0 spiro atoms. The van der Waals surface area contributed by atoms with Crippen LogP contribution in [0.5, 0.6) is 5.88 Å². The summed E-state index contributed by atoms with van der Waals surface area (Å²) in [6.07, 6.45) is 4.35. The van der Waals surface area contributed by atoms with Crippen LogP contribution in [0, 0.1) is 0 Å². The van der Waals surface area contributed by atoms with E-state index in [4.69, 9.17) is 9.15 Å². The van der Waals surface area contributed by atoms with Crippen LogP contribution in [-0.2, 0) is 6.54 Å². The molecule has 4 nitrogen and oxygen atoms in total. The van der Waals surface area contributed by atoms with E-state index in [2.05, 4.69) is 10.3 Å². The van der Waals surface area contributed by atoms with Gasteiger partial charge in [-0.1, -0.05) is 6.07 Å². The molecule has 0 aromatic carbocycles. The van der Waals surface area contributed by atoms with Gasteiger partial charge >= 0.3 is 0 Å². The smallest absolute Gasteiger partial charge is 0.213 e. The van der Waals surface area contributed by atoms with Crippen LogP contribution in [0.2, 0.25) is 0 Å². The van der Waals surface area contributed by atoms with Crippen LogP contribution in [0.1, 0.15) is 12.2 Å². The third kappa shape index (κ3) is 4.28. The van der Waals surface area contributed by atoms with Gasteiger partial charge < -0.3 is 14.5 Å². The number of furan rings is 1. The monoisotopic (exact) mass is 232 g/mol. The molecule has 0 aliphatic heterocycles. The lowest BCUT2D eigenvalue weighted by atomic mass is 10.4. The van der Waals surface area contributed by atoms with Crippen LogP contribution in [0.25, 0.3) is 0 Å². The minimum Gasteiger partial charge on any atom is -0.478 e. The largest absolute Gasteiger partial charge is 0.478 e. The molecule has 0 aliphatic rings. The zero-order valence-corrected chi connectivity index (χ0v) is 9.63. The van der Waals surface area contributed by atoms with E-state index in [0.29, 0.717) is 12.5 Å². The minimum atomic E-state index is 0.669. The van der Waals surface area contributed by atoms with Gasteiger partial charge in [-0.3, -0.25) is 0 Å². The second-order valence-electron chi connectivity index (χ2n) is 3.63. The first kappa shape index (κ1) is 11.7. The van der Waals surface area contributed by atoms with E-state index in [1.54, 1.807) is 12.5 Å². The highest BCUT2D eigenvalue weighted by atomic mass is 16.5. The van der Waals surface area contributed by atoms with E-state index in [1.807, 2.05) is 30.3 Å². The Balaban J connectivity index is 1.52. The predicted octanol–water partition coefficient (Wildman–Crippen LogP) is 2.23. The van der Waals surface area contributed by atoms with Crippen molar-refractivity contribution in [2.45, 2.75) is 13.0 Å². The molecule has 0 unspecified atom stereocenters. The highest BCUT2D eigenvalue weighted by Gasteiger charge is 1.95. The Morgan fingerprint density at radius 1 is 1.24 bits per heavy atom. The molecular formula is C13H16N2O2. The Kier molecular flexibility index (Phi) is 4.60. The van der Waals surface area contributed by atoms with Gasteiger partial charge in [0.15, 0.2) is 0 Å². The number of nitrogens with zero attached hydrogens (tertiary/aromatic N) is 1. The summed E-state index contributed by atoms with van der Waals surface area (Å²) in [6.45, 7) is 2.33. The zero-order chi connectivity index (χ0) is 11.8. The third-order valence-corrected chi connectivity index (χ3v) is 2.26. The fourth-order valence-electron chi connectivity index (χ4n) is 1.43. The number of hydrogen-bond donors (Lipinski definition) is 1. The first-order valence-corrected chi connectivity index (χ1v) is 5.72. The van der Waals surface area contributed by atoms with Gasteiger partial charge in [-0.2, -0.15) is 0 Å². The highest BCUT2D eigenvalue weighted by Crippen LogP contribution is 2.03. The zero-order valence-electron chi connectivity index (χ0n) is 9.63. The summed E-state index contributed by atoms with van der Waals surface area (Å²) in [7, 11) is 0. The van der Waals surface area contributed by atoms with E-state index in [-0.39, 0.29) is 0 Å². The van der Waals surface area contributed by atoms with Crippen molar-refractivity contribution in [2.75, 3.05) is 13.2 Å². The quantitative estimate of drug-likeness (QED) is 0.744. The molecule has 2 aromatic rings. The molecule has 0 amide bonds. The summed E-state index contributed by atoms with van der Waals surface area (Å²) in [6, 6.07) is 9.49. The maximum atomic E-state index is 5.47. The fourth-order valence-corrected chi connectivity index (χ4v) is 1.43. The normalized spacial score (nSPS) is 10.4. The van der Waals surface area contributed by atoms with E-state index >= 15 is 0 Å². The molecule has 0 radical (unpaired) electrons. The van der Waals surface area contributed by atoms with Crippen molar-refractivity contribution >= 4 is 0 Å². The Morgan fingerprint density at radius 3 is 3.00 bits per heavy atom. The van der Waals surface area contributed by atoms with Crippen LogP contribution in [-0.4, -0.2) is 18.1 Å². The van der Waals surface area contributed by atoms with Crippen molar-refractivity contribution in [1.82, 2.24) is 10.3 Å². The van der Waals surface area contributed by atoms with Crippen LogP contribution in [0.4, 0.5) is 0 Å². The molecular weight excluding hydrogens is 216 g/mol. The third-order valence-electron chi connectivity index (χ3n) is 2.26. The van der Waals surface area contributed by atoms with Gasteiger partial charge in [0, 0.05) is 12.3 Å². The van der Waals surface area contributed by atoms with Gasteiger partial charge in [0.1, 0.15) is 5.76 Å². The first-order valence-electron chi connectivity index (χ1n) is 5.72. The Morgan fingerprint density at radius 2 is 2.24 bits per heavy atom. The van der Waals surface area contributed by atoms with Crippen LogP contribution in [0.15, 0.2) is 47.2 Å². The molecule has 0 saturated carbocycles. The predicted molar refractivity (Wildman–Crippen MR) is 64.8 cm³/mol. The summed E-state index contributed by atoms with van der Waals surface area (Å²) in [4.78, 5) is 4.08. The van der Waals surface area contributed by atoms with Crippen molar-refractivity contribution in [3.8, 4) is 5.88 Å². The molecule has 0 saturated heterocycles. The molecule has 2 rings (SSSR count). The van der Waals surface area contributed by atoms with Crippen LogP contribution in [0.3, 0.4) is 0 Å². The van der Waals surface area contributed by atoms with E-state index in [1.165, 1.54) is 0 Å². The molecule has 90 valence electrons. The standard InChI is InChI=1S/C13H16N2O2/c1-2-8-15-13(6-1)17-10-4-7-14-11-12-5-3-9-16-12/h1-3,5-6,8-9,14H,4,7,10-11H2. The Bertz CT molecular complexity index is 401. The minimum absolute atomic E-state index is 0.669. The summed E-state index contributed by atoms with van der Waals surface area (Å²) in [5.74, 6) is 1.63. The summed E-state index contributed by atoms with van der Waals surface area (Å²) >= 11 is 0. The number of aromatic nitrogens is 1. The number of nitrogens with one attached hydrogen (secondary N) is 1. The molecule has 4 heteroatoms. The molecule has 2 heterocycles. The van der Waals surface area contributed by atoms with Crippen molar-refractivity contribution in [2.24, 2.45) is 0 Å². The lowest BCUT2D eigenvalue weighted by molar-refractivity contribution is 0.296. The molecule has 0 bridgehead atoms. The molecule has 0 aliphatic carbocycles. The second-order valence-corrected chi connectivity index (χ2v) is 3.63. The van der Waals surface area contributed by atoms with Crippen molar-refractivity contribution in [1.29, 1.82) is 0 Å². The van der Waals surface area contributed by atoms with Gasteiger partial charge in [-0.15, -0.1) is 0 Å². The van der Waals surface area contributed by atoms with E-state index in [0.717, 1.165) is 25.3 Å². The average Bonchev–Trinajstić information content (AvgIpc) is 2.88. The van der Waals surface area contributed by atoms with Crippen molar-refractivity contribution < 1.29 is 9.15 Å². The van der Waals surface area contributed by atoms with Crippen molar-refractivity contribution in [3.63, 3.8) is 0 Å². The topological polar surface area (TPSA) is 47.3 Å². The molecule has 2 aromatic heterocycles. The molecule has 1 N–H and O–H groups in total. The first-order chi connectivity index (χ1) is 8.45. The Hall–Kier alpha value is -1.81. The SMILES string of the molecule is c1ccc(OCCCNCc2ccco2)nc1. The summed E-state index contributed by atoms with van der Waals surface area (Å²) < 4.78 is 10.7.